The van der Waals surface area contributed by atoms with E-state index in [1.54, 1.807) is 30.5 Å². The van der Waals surface area contributed by atoms with Crippen LogP contribution in [-0.4, -0.2) is 27.1 Å². The van der Waals surface area contributed by atoms with Crippen molar-refractivity contribution in [2.24, 2.45) is 5.10 Å². The summed E-state index contributed by atoms with van der Waals surface area (Å²) in [7, 11) is -3.76. The lowest BCUT2D eigenvalue weighted by Gasteiger charge is -2.17. The molecule has 0 aromatic heterocycles. The molecule has 0 bridgehead atoms. The molecule has 1 aliphatic rings. The Bertz CT molecular complexity index is 1170. The van der Waals surface area contributed by atoms with Crippen molar-refractivity contribution < 1.29 is 13.2 Å². The fourth-order valence-corrected chi connectivity index (χ4v) is 5.02. The molecule has 0 saturated heterocycles. The molecule has 6 nitrogen and oxygen atoms in total. The maximum absolute atomic E-state index is 12.9. The van der Waals surface area contributed by atoms with E-state index in [0.29, 0.717) is 11.1 Å². The zero-order valence-corrected chi connectivity index (χ0v) is 16.1. The van der Waals surface area contributed by atoms with E-state index in [1.807, 2.05) is 49.4 Å². The van der Waals surface area contributed by atoms with Crippen molar-refractivity contribution in [1.29, 1.82) is 0 Å². The van der Waals surface area contributed by atoms with Crippen molar-refractivity contribution in [3.05, 3.63) is 72.3 Å². The quantitative estimate of drug-likeness (QED) is 0.534. The first kappa shape index (κ1) is 18.2. The number of amides is 1. The van der Waals surface area contributed by atoms with Crippen molar-refractivity contribution in [2.45, 2.75) is 17.7 Å². The lowest BCUT2D eigenvalue weighted by molar-refractivity contribution is -0.119. The van der Waals surface area contributed by atoms with E-state index in [0.717, 1.165) is 15.3 Å². The van der Waals surface area contributed by atoms with E-state index < -0.39 is 15.9 Å². The Morgan fingerprint density at radius 2 is 1.79 bits per heavy atom. The molecule has 142 valence electrons. The Labute approximate surface area is 163 Å². The van der Waals surface area contributed by atoms with E-state index in [-0.39, 0.29) is 17.4 Å². The highest BCUT2D eigenvalue weighted by molar-refractivity contribution is 7.93. The van der Waals surface area contributed by atoms with Gasteiger partial charge in [-0.25, -0.2) is 13.8 Å². The number of benzene rings is 3. The summed E-state index contributed by atoms with van der Waals surface area (Å²) in [5.74, 6) is -0.472. The molecule has 1 N–H and O–H groups in total. The molecule has 28 heavy (non-hydrogen) atoms. The number of anilines is 1. The first-order chi connectivity index (χ1) is 13.5. The fourth-order valence-electron chi connectivity index (χ4n) is 3.36. The summed E-state index contributed by atoms with van der Waals surface area (Å²) in [6, 6.07) is 20.3. The topological polar surface area (TPSA) is 78.8 Å². The third-order valence-electron chi connectivity index (χ3n) is 4.78. The van der Waals surface area contributed by atoms with Gasteiger partial charge in [0.15, 0.2) is 0 Å². The molecule has 1 heterocycles. The van der Waals surface area contributed by atoms with Crippen LogP contribution in [0.1, 0.15) is 18.4 Å². The highest BCUT2D eigenvalue weighted by atomic mass is 32.2. The van der Waals surface area contributed by atoms with E-state index in [1.165, 1.54) is 0 Å². The average molecular weight is 393 g/mol. The van der Waals surface area contributed by atoms with Gasteiger partial charge in [0.05, 0.1) is 10.6 Å². The summed E-state index contributed by atoms with van der Waals surface area (Å²) in [6.45, 7) is 1.64. The van der Waals surface area contributed by atoms with Crippen molar-refractivity contribution in [3.8, 4) is 0 Å². The number of sulfonamides is 1. The van der Waals surface area contributed by atoms with Crippen molar-refractivity contribution in [2.75, 3.05) is 10.8 Å². The lowest BCUT2D eigenvalue weighted by Crippen LogP contribution is -2.37. The van der Waals surface area contributed by atoms with E-state index in [2.05, 4.69) is 10.5 Å². The van der Waals surface area contributed by atoms with Crippen LogP contribution in [0.3, 0.4) is 0 Å². The molecule has 0 fully saturated rings. The first-order valence-electron chi connectivity index (χ1n) is 8.90. The molecule has 1 aliphatic heterocycles. The Kier molecular flexibility index (Phi) is 4.60. The molecule has 7 heteroatoms. The maximum atomic E-state index is 12.9. The molecular weight excluding hydrogens is 374 g/mol. The van der Waals surface area contributed by atoms with Gasteiger partial charge in [0.2, 0.25) is 0 Å². The summed E-state index contributed by atoms with van der Waals surface area (Å²) in [5.41, 5.74) is 4.02. The zero-order chi connectivity index (χ0) is 19.7. The lowest BCUT2D eigenvalue weighted by atomic mass is 10.0. The molecule has 1 amide bonds. The standard InChI is InChI=1S/C21H19N3O3S/c1-15(16-7-3-2-4-8-16)13-22-23-20(25)14-24-18-11-5-9-17-10-6-12-19(21(17)18)28(24,26)27/h2-13,15H,14H2,1H3,(H,23,25)/b22-13-/t15-/m0/s1. The Hall–Kier alpha value is -3.19. The molecular formula is C21H19N3O3S. The summed E-state index contributed by atoms with van der Waals surface area (Å²) in [5, 5.41) is 5.47. The van der Waals surface area contributed by atoms with Gasteiger partial charge in [-0.1, -0.05) is 61.5 Å². The summed E-state index contributed by atoms with van der Waals surface area (Å²) >= 11 is 0. The summed E-state index contributed by atoms with van der Waals surface area (Å²) in [4.78, 5) is 12.6. The third-order valence-corrected chi connectivity index (χ3v) is 6.58. The van der Waals surface area contributed by atoms with E-state index >= 15 is 0 Å². The largest absolute Gasteiger partial charge is 0.271 e. The van der Waals surface area contributed by atoms with Crippen LogP contribution in [0.4, 0.5) is 5.69 Å². The molecule has 3 aromatic rings. The van der Waals surface area contributed by atoms with Crippen LogP contribution in [0.25, 0.3) is 10.8 Å². The van der Waals surface area contributed by atoms with Crippen LogP contribution < -0.4 is 9.73 Å². The fraction of sp³-hybridized carbons (Fsp3) is 0.143. The number of nitrogens with zero attached hydrogens (tertiary/aromatic N) is 2. The van der Waals surface area contributed by atoms with Gasteiger partial charge in [-0.15, -0.1) is 0 Å². The SMILES string of the molecule is C[C@@H](/C=N\NC(=O)CN1c2cccc3cccc(c23)S1(=O)=O)c1ccccc1. The van der Waals surface area contributed by atoms with Gasteiger partial charge in [0, 0.05) is 17.5 Å². The van der Waals surface area contributed by atoms with Crippen LogP contribution in [0.2, 0.25) is 0 Å². The first-order valence-corrected chi connectivity index (χ1v) is 10.3. The predicted octanol–water partition coefficient (Wildman–Crippen LogP) is 3.25. The number of hydrazone groups is 1. The van der Waals surface area contributed by atoms with Crippen molar-refractivity contribution >= 4 is 38.6 Å². The van der Waals surface area contributed by atoms with Crippen molar-refractivity contribution in [1.82, 2.24) is 5.43 Å². The van der Waals surface area contributed by atoms with Gasteiger partial charge in [-0.2, -0.15) is 5.10 Å². The van der Waals surface area contributed by atoms with Gasteiger partial charge in [-0.05, 0) is 23.1 Å². The number of rotatable bonds is 5. The molecule has 1 atom stereocenters. The van der Waals surface area contributed by atoms with Crippen LogP contribution in [0, 0.1) is 0 Å². The Morgan fingerprint density at radius 3 is 2.54 bits per heavy atom. The average Bonchev–Trinajstić information content (AvgIpc) is 2.92. The molecule has 0 unspecified atom stereocenters. The highest BCUT2D eigenvalue weighted by Crippen LogP contribution is 2.41. The zero-order valence-electron chi connectivity index (χ0n) is 15.2. The molecule has 0 radical (unpaired) electrons. The van der Waals surface area contributed by atoms with Gasteiger partial charge in [-0.3, -0.25) is 9.10 Å². The number of nitrogens with one attached hydrogen (secondary N) is 1. The molecule has 0 aliphatic carbocycles. The minimum atomic E-state index is -3.76. The normalized spacial score (nSPS) is 15.8. The number of carbonyl (C=O) groups is 1. The van der Waals surface area contributed by atoms with Gasteiger partial charge >= 0.3 is 0 Å². The van der Waals surface area contributed by atoms with Crippen LogP contribution >= 0.6 is 0 Å². The second-order valence-corrected chi connectivity index (χ2v) is 8.49. The van der Waals surface area contributed by atoms with Crippen molar-refractivity contribution in [3.63, 3.8) is 0 Å². The van der Waals surface area contributed by atoms with Gasteiger partial charge in [0.25, 0.3) is 15.9 Å². The minimum absolute atomic E-state index is 0.0232. The molecule has 0 spiro atoms. The Morgan fingerprint density at radius 1 is 1.07 bits per heavy atom. The third kappa shape index (κ3) is 3.14. The molecule has 4 rings (SSSR count). The highest BCUT2D eigenvalue weighted by Gasteiger charge is 2.36. The summed E-state index contributed by atoms with van der Waals surface area (Å²) in [6.07, 6.45) is 1.63. The second kappa shape index (κ2) is 7.09. The van der Waals surface area contributed by atoms with E-state index in [4.69, 9.17) is 0 Å². The number of hydrogen-bond donors (Lipinski definition) is 1. The minimum Gasteiger partial charge on any atom is -0.271 e. The summed E-state index contributed by atoms with van der Waals surface area (Å²) < 4.78 is 26.9. The number of carbonyl (C=O) groups excluding carboxylic acids is 1. The van der Waals surface area contributed by atoms with Crippen LogP contribution in [-0.2, 0) is 14.8 Å². The predicted molar refractivity (Wildman–Crippen MR) is 110 cm³/mol. The van der Waals surface area contributed by atoms with Crippen LogP contribution in [0.5, 0.6) is 0 Å². The molecule has 3 aromatic carbocycles. The smallest absolute Gasteiger partial charge is 0.265 e. The number of hydrogen-bond acceptors (Lipinski definition) is 4. The maximum Gasteiger partial charge on any atom is 0.265 e. The molecule has 0 saturated carbocycles. The monoisotopic (exact) mass is 393 g/mol. The van der Waals surface area contributed by atoms with Gasteiger partial charge < -0.3 is 0 Å². The van der Waals surface area contributed by atoms with Crippen LogP contribution in [0.15, 0.2) is 76.7 Å². The Balaban J connectivity index is 1.50. The van der Waals surface area contributed by atoms with Gasteiger partial charge in [0.1, 0.15) is 6.54 Å². The van der Waals surface area contributed by atoms with E-state index in [9.17, 15) is 13.2 Å². The second-order valence-electron chi connectivity index (χ2n) is 6.66.